The molecule has 3 rings (SSSR count). The van der Waals surface area contributed by atoms with Crippen LogP contribution in [0.5, 0.6) is 17.2 Å². The first-order valence-corrected chi connectivity index (χ1v) is 7.18. The molecular weight excluding hydrogens is 292 g/mol. The van der Waals surface area contributed by atoms with Gasteiger partial charge >= 0.3 is 0 Å². The summed E-state index contributed by atoms with van der Waals surface area (Å²) in [6.07, 6.45) is 3.86. The van der Waals surface area contributed by atoms with E-state index < -0.39 is 0 Å². The summed E-state index contributed by atoms with van der Waals surface area (Å²) in [5.41, 5.74) is 2.88. The smallest absolute Gasteiger partial charge is 0.203 e. The van der Waals surface area contributed by atoms with Crippen molar-refractivity contribution >= 4 is 23.2 Å². The van der Waals surface area contributed by atoms with Gasteiger partial charge in [-0.25, -0.2) is 4.98 Å². The van der Waals surface area contributed by atoms with Gasteiger partial charge in [-0.1, -0.05) is 18.2 Å². The molecule has 0 bridgehead atoms. The Kier molecular flexibility index (Phi) is 4.19. The molecule has 0 saturated heterocycles. The summed E-state index contributed by atoms with van der Waals surface area (Å²) < 4.78 is 16.0. The largest absolute Gasteiger partial charge is 0.493 e. The van der Waals surface area contributed by atoms with E-state index in [1.54, 1.807) is 21.3 Å². The second-order valence-corrected chi connectivity index (χ2v) is 4.93. The first-order valence-electron chi connectivity index (χ1n) is 7.18. The van der Waals surface area contributed by atoms with Gasteiger partial charge in [-0.15, -0.1) is 0 Å². The van der Waals surface area contributed by atoms with Crippen molar-refractivity contribution in [2.24, 2.45) is 0 Å². The van der Waals surface area contributed by atoms with Crippen molar-refractivity contribution in [3.05, 3.63) is 47.8 Å². The average Bonchev–Trinajstić information content (AvgIpc) is 3.01. The quantitative estimate of drug-likeness (QED) is 0.779. The Morgan fingerprint density at radius 3 is 2.22 bits per heavy atom. The number of benzene rings is 2. The lowest BCUT2D eigenvalue weighted by atomic mass is 10.1. The third-order valence-corrected chi connectivity index (χ3v) is 3.53. The molecule has 5 heteroatoms. The molecule has 1 N–H and O–H groups in total. The SMILES string of the molecule is COc1cc(C=Cc2nc3ccccc3[nH]2)cc(OC)c1OC. The molecule has 118 valence electrons. The van der Waals surface area contributed by atoms with Crippen LogP contribution in [-0.4, -0.2) is 31.3 Å². The van der Waals surface area contributed by atoms with Crippen LogP contribution in [0, 0.1) is 0 Å². The summed E-state index contributed by atoms with van der Waals surface area (Å²) in [6.45, 7) is 0. The Balaban J connectivity index is 1.95. The normalized spacial score (nSPS) is 11.1. The number of nitrogens with zero attached hydrogens (tertiary/aromatic N) is 1. The third-order valence-electron chi connectivity index (χ3n) is 3.53. The zero-order valence-corrected chi connectivity index (χ0v) is 13.3. The zero-order chi connectivity index (χ0) is 16.2. The van der Waals surface area contributed by atoms with Crippen LogP contribution >= 0.6 is 0 Å². The van der Waals surface area contributed by atoms with Crippen LogP contribution in [0.15, 0.2) is 36.4 Å². The highest BCUT2D eigenvalue weighted by atomic mass is 16.5. The highest BCUT2D eigenvalue weighted by molar-refractivity contribution is 5.79. The van der Waals surface area contributed by atoms with E-state index in [1.165, 1.54) is 0 Å². The van der Waals surface area contributed by atoms with Crippen LogP contribution < -0.4 is 14.2 Å². The van der Waals surface area contributed by atoms with E-state index in [1.807, 2.05) is 48.6 Å². The minimum absolute atomic E-state index is 0.580. The number of H-pyrrole nitrogens is 1. The number of fused-ring (bicyclic) bond motifs is 1. The number of hydrogen-bond donors (Lipinski definition) is 1. The number of aromatic nitrogens is 2. The molecule has 0 aliphatic rings. The summed E-state index contributed by atoms with van der Waals surface area (Å²) in [4.78, 5) is 7.78. The number of nitrogens with one attached hydrogen (secondary N) is 1. The van der Waals surface area contributed by atoms with Gasteiger partial charge < -0.3 is 19.2 Å². The molecule has 1 heterocycles. The van der Waals surface area contributed by atoms with E-state index in [0.29, 0.717) is 17.2 Å². The maximum atomic E-state index is 5.36. The van der Waals surface area contributed by atoms with Crippen molar-refractivity contribution in [2.45, 2.75) is 0 Å². The Labute approximate surface area is 134 Å². The van der Waals surface area contributed by atoms with E-state index in [-0.39, 0.29) is 0 Å². The van der Waals surface area contributed by atoms with Crippen molar-refractivity contribution < 1.29 is 14.2 Å². The highest BCUT2D eigenvalue weighted by Crippen LogP contribution is 2.38. The number of methoxy groups -OCH3 is 3. The maximum Gasteiger partial charge on any atom is 0.203 e. The molecule has 0 amide bonds. The molecule has 0 fully saturated rings. The van der Waals surface area contributed by atoms with Gasteiger partial charge in [0.1, 0.15) is 5.82 Å². The van der Waals surface area contributed by atoms with Gasteiger partial charge in [0.05, 0.1) is 32.4 Å². The Morgan fingerprint density at radius 1 is 0.913 bits per heavy atom. The highest BCUT2D eigenvalue weighted by Gasteiger charge is 2.12. The van der Waals surface area contributed by atoms with Gasteiger partial charge in [-0.05, 0) is 35.9 Å². The predicted octanol–water partition coefficient (Wildman–Crippen LogP) is 3.76. The van der Waals surface area contributed by atoms with Crippen molar-refractivity contribution in [1.29, 1.82) is 0 Å². The van der Waals surface area contributed by atoms with E-state index in [0.717, 1.165) is 22.4 Å². The zero-order valence-electron chi connectivity index (χ0n) is 13.3. The molecule has 0 aliphatic heterocycles. The van der Waals surface area contributed by atoms with Gasteiger partial charge in [-0.3, -0.25) is 0 Å². The van der Waals surface area contributed by atoms with E-state index in [2.05, 4.69) is 9.97 Å². The Morgan fingerprint density at radius 2 is 1.61 bits per heavy atom. The van der Waals surface area contributed by atoms with Crippen molar-refractivity contribution in [1.82, 2.24) is 9.97 Å². The number of aromatic amines is 1. The summed E-state index contributed by atoms with van der Waals surface area (Å²) in [5.74, 6) is 2.61. The molecule has 1 aromatic heterocycles. The van der Waals surface area contributed by atoms with Crippen LogP contribution in [-0.2, 0) is 0 Å². The number of rotatable bonds is 5. The lowest BCUT2D eigenvalue weighted by Gasteiger charge is -2.12. The van der Waals surface area contributed by atoms with E-state index in [4.69, 9.17) is 14.2 Å². The molecule has 0 unspecified atom stereocenters. The average molecular weight is 310 g/mol. The minimum atomic E-state index is 0.580. The monoisotopic (exact) mass is 310 g/mol. The summed E-state index contributed by atoms with van der Waals surface area (Å²) in [7, 11) is 4.79. The molecule has 0 atom stereocenters. The first kappa shape index (κ1) is 15.0. The number of hydrogen-bond acceptors (Lipinski definition) is 4. The molecule has 0 saturated carbocycles. The molecule has 3 aromatic rings. The minimum Gasteiger partial charge on any atom is -0.493 e. The molecule has 0 spiro atoms. The fourth-order valence-electron chi connectivity index (χ4n) is 2.42. The summed E-state index contributed by atoms with van der Waals surface area (Å²) in [5, 5.41) is 0. The number of para-hydroxylation sites is 2. The topological polar surface area (TPSA) is 56.4 Å². The van der Waals surface area contributed by atoms with Crippen LogP contribution in [0.3, 0.4) is 0 Å². The van der Waals surface area contributed by atoms with Gasteiger partial charge in [-0.2, -0.15) is 0 Å². The lowest BCUT2D eigenvalue weighted by Crippen LogP contribution is -1.95. The maximum absolute atomic E-state index is 5.36. The standard InChI is InChI=1S/C18H18N2O3/c1-21-15-10-12(11-16(22-2)18(15)23-3)8-9-17-19-13-6-4-5-7-14(13)20-17/h4-11H,1-3H3,(H,19,20). The fourth-order valence-corrected chi connectivity index (χ4v) is 2.42. The molecule has 5 nitrogen and oxygen atoms in total. The summed E-state index contributed by atoms with van der Waals surface area (Å²) in [6, 6.07) is 11.7. The Bertz CT molecular complexity index is 794. The van der Waals surface area contributed by atoms with E-state index >= 15 is 0 Å². The lowest BCUT2D eigenvalue weighted by molar-refractivity contribution is 0.324. The molecule has 23 heavy (non-hydrogen) atoms. The van der Waals surface area contributed by atoms with Gasteiger partial charge in [0.15, 0.2) is 11.5 Å². The number of imidazole rings is 1. The summed E-state index contributed by atoms with van der Waals surface area (Å²) >= 11 is 0. The van der Waals surface area contributed by atoms with Gasteiger partial charge in [0, 0.05) is 0 Å². The van der Waals surface area contributed by atoms with Crippen molar-refractivity contribution in [3.8, 4) is 17.2 Å². The van der Waals surface area contributed by atoms with Crippen LogP contribution in [0.2, 0.25) is 0 Å². The Hall–Kier alpha value is -2.95. The van der Waals surface area contributed by atoms with Gasteiger partial charge in [0.25, 0.3) is 0 Å². The van der Waals surface area contributed by atoms with E-state index in [9.17, 15) is 0 Å². The molecule has 0 aliphatic carbocycles. The predicted molar refractivity (Wildman–Crippen MR) is 91.1 cm³/mol. The van der Waals surface area contributed by atoms with Crippen LogP contribution in [0.4, 0.5) is 0 Å². The molecule has 2 aromatic carbocycles. The van der Waals surface area contributed by atoms with Crippen molar-refractivity contribution in [2.75, 3.05) is 21.3 Å². The second-order valence-electron chi connectivity index (χ2n) is 4.93. The molecule has 0 radical (unpaired) electrons. The third kappa shape index (κ3) is 2.99. The van der Waals surface area contributed by atoms with Crippen LogP contribution in [0.25, 0.3) is 23.2 Å². The fraction of sp³-hybridized carbons (Fsp3) is 0.167. The second kappa shape index (κ2) is 6.44. The molecular formula is C18H18N2O3. The van der Waals surface area contributed by atoms with Crippen molar-refractivity contribution in [3.63, 3.8) is 0 Å². The first-order chi connectivity index (χ1) is 11.2. The van der Waals surface area contributed by atoms with Crippen LogP contribution in [0.1, 0.15) is 11.4 Å². The van der Waals surface area contributed by atoms with Gasteiger partial charge in [0.2, 0.25) is 5.75 Å². The number of ether oxygens (including phenoxy) is 3.